The van der Waals surface area contributed by atoms with Gasteiger partial charge in [0.25, 0.3) is 5.91 Å². The number of benzene rings is 2. The highest BCUT2D eigenvalue weighted by atomic mass is 79.9. The van der Waals surface area contributed by atoms with Crippen LogP contribution < -0.4 is 9.47 Å². The fourth-order valence-corrected chi connectivity index (χ4v) is 4.31. The highest BCUT2D eigenvalue weighted by molar-refractivity contribution is 9.10. The summed E-state index contributed by atoms with van der Waals surface area (Å²) >= 11 is 4.66. The van der Waals surface area contributed by atoms with Crippen LogP contribution >= 0.6 is 27.7 Å². The fraction of sp³-hybridized carbons (Fsp3) is 0.227. The molecule has 0 unspecified atom stereocenters. The number of amidine groups is 1. The molecule has 10 heteroatoms. The van der Waals surface area contributed by atoms with Crippen molar-refractivity contribution >= 4 is 56.5 Å². The Labute approximate surface area is 197 Å². The van der Waals surface area contributed by atoms with E-state index in [1.54, 1.807) is 42.2 Å². The summed E-state index contributed by atoms with van der Waals surface area (Å²) in [5.41, 5.74) is 1.20. The summed E-state index contributed by atoms with van der Waals surface area (Å²) < 4.78 is 24.7. The number of halogens is 2. The number of carbonyl (C=O) groups is 2. The van der Waals surface area contributed by atoms with E-state index in [9.17, 15) is 14.0 Å². The van der Waals surface area contributed by atoms with Gasteiger partial charge in [0.15, 0.2) is 23.3 Å². The Kier molecular flexibility index (Phi) is 7.92. The second kappa shape index (κ2) is 10.6. The van der Waals surface area contributed by atoms with Crippen LogP contribution in [0.15, 0.2) is 50.8 Å². The van der Waals surface area contributed by atoms with Crippen molar-refractivity contribution in [2.24, 2.45) is 4.99 Å². The molecule has 1 aliphatic heterocycles. The van der Waals surface area contributed by atoms with E-state index in [1.807, 2.05) is 6.92 Å². The maximum absolute atomic E-state index is 13.2. The maximum atomic E-state index is 13.2. The zero-order chi connectivity index (χ0) is 23.3. The molecule has 168 valence electrons. The first-order valence-electron chi connectivity index (χ1n) is 9.69. The number of rotatable bonds is 8. The Morgan fingerprint density at radius 3 is 2.53 bits per heavy atom. The third-order valence-corrected chi connectivity index (χ3v) is 5.95. The second-order valence-corrected chi connectivity index (χ2v) is 8.33. The van der Waals surface area contributed by atoms with Crippen molar-refractivity contribution in [1.29, 1.82) is 0 Å². The highest BCUT2D eigenvalue weighted by Crippen LogP contribution is 2.38. The molecule has 1 aliphatic rings. The highest BCUT2D eigenvalue weighted by Gasteiger charge is 2.32. The van der Waals surface area contributed by atoms with Gasteiger partial charge in [0.2, 0.25) is 0 Å². The summed E-state index contributed by atoms with van der Waals surface area (Å²) in [6.07, 6.45) is 1.70. The van der Waals surface area contributed by atoms with Gasteiger partial charge < -0.3 is 14.6 Å². The second-order valence-electron chi connectivity index (χ2n) is 6.47. The molecule has 0 saturated carbocycles. The molecule has 1 amide bonds. The lowest BCUT2D eigenvalue weighted by molar-refractivity contribution is -0.139. The molecule has 2 aromatic rings. The first kappa shape index (κ1) is 23.8. The summed E-state index contributed by atoms with van der Waals surface area (Å²) in [5, 5.41) is 9.37. The topological polar surface area (TPSA) is 88.4 Å². The van der Waals surface area contributed by atoms with Gasteiger partial charge in [-0.3, -0.25) is 9.69 Å². The molecule has 0 aromatic heterocycles. The number of hydrogen-bond donors (Lipinski definition) is 1. The van der Waals surface area contributed by atoms with Crippen LogP contribution in [0.3, 0.4) is 0 Å². The van der Waals surface area contributed by atoms with Crippen LogP contribution in [0.4, 0.5) is 10.1 Å². The van der Waals surface area contributed by atoms with Crippen LogP contribution in [0.5, 0.6) is 11.5 Å². The van der Waals surface area contributed by atoms with E-state index in [-0.39, 0.29) is 17.5 Å². The van der Waals surface area contributed by atoms with Gasteiger partial charge >= 0.3 is 5.97 Å². The van der Waals surface area contributed by atoms with Crippen molar-refractivity contribution in [3.63, 3.8) is 0 Å². The summed E-state index contributed by atoms with van der Waals surface area (Å²) in [5.74, 6) is -1.01. The normalized spacial score (nSPS) is 16.1. The number of carboxylic acid groups (broad SMARTS) is 1. The summed E-state index contributed by atoms with van der Waals surface area (Å²) in [7, 11) is 0. The fourth-order valence-electron chi connectivity index (χ4n) is 2.82. The molecule has 7 nitrogen and oxygen atoms in total. The van der Waals surface area contributed by atoms with Crippen LogP contribution in [-0.4, -0.2) is 46.8 Å². The summed E-state index contributed by atoms with van der Waals surface area (Å²) in [6, 6.07) is 9.00. The first-order valence-corrected chi connectivity index (χ1v) is 11.3. The van der Waals surface area contributed by atoms with Crippen LogP contribution in [0.2, 0.25) is 0 Å². The van der Waals surface area contributed by atoms with E-state index in [2.05, 4.69) is 20.9 Å². The van der Waals surface area contributed by atoms with Crippen molar-refractivity contribution in [1.82, 2.24) is 4.90 Å². The third-order valence-electron chi connectivity index (χ3n) is 4.26. The van der Waals surface area contributed by atoms with Gasteiger partial charge in [-0.1, -0.05) is 15.9 Å². The van der Waals surface area contributed by atoms with Crippen LogP contribution in [0.1, 0.15) is 19.4 Å². The minimum atomic E-state index is -1.10. The molecule has 0 spiro atoms. The molecule has 1 N–H and O–H groups in total. The minimum absolute atomic E-state index is 0.200. The van der Waals surface area contributed by atoms with E-state index in [0.29, 0.717) is 44.7 Å². The van der Waals surface area contributed by atoms with E-state index in [4.69, 9.17) is 14.6 Å². The number of likely N-dealkylation sites (N-methyl/N-ethyl adjacent to an activating group) is 1. The molecule has 0 bridgehead atoms. The Balaban J connectivity index is 1.94. The number of ether oxygens (including phenoxy) is 2. The number of thioether (sulfide) groups is 1. The number of carbonyl (C=O) groups excluding carboxylic acids is 1. The lowest BCUT2D eigenvalue weighted by Crippen LogP contribution is -2.28. The molecule has 1 fully saturated rings. The predicted octanol–water partition coefficient (Wildman–Crippen LogP) is 5.07. The van der Waals surface area contributed by atoms with Gasteiger partial charge in [-0.25, -0.2) is 14.2 Å². The predicted molar refractivity (Wildman–Crippen MR) is 125 cm³/mol. The van der Waals surface area contributed by atoms with Crippen molar-refractivity contribution in [3.8, 4) is 11.5 Å². The van der Waals surface area contributed by atoms with Crippen LogP contribution in [-0.2, 0) is 9.59 Å². The number of aliphatic imine (C=N–C) groups is 1. The Morgan fingerprint density at radius 2 is 1.91 bits per heavy atom. The largest absolute Gasteiger partial charge is 0.490 e. The average molecular weight is 523 g/mol. The average Bonchev–Trinajstić information content (AvgIpc) is 3.04. The zero-order valence-electron chi connectivity index (χ0n) is 17.3. The molecule has 1 saturated heterocycles. The number of hydrogen-bond acceptors (Lipinski definition) is 6. The zero-order valence-corrected chi connectivity index (χ0v) is 19.7. The molecule has 3 rings (SSSR count). The summed E-state index contributed by atoms with van der Waals surface area (Å²) in [4.78, 5) is 30.2. The standard InChI is InChI=1S/C22H20BrFN2O5S/c1-3-26-21(29)19(32-22(26)25-15-7-5-14(24)6-8-15)10-13-9-17(30-4-2)18(11-16(13)23)31-12-20(27)28/h5-11H,3-4,12H2,1-2H3,(H,27,28)/b19-10+,25-22?. The number of nitrogens with zero attached hydrogens (tertiary/aromatic N) is 2. The van der Waals surface area contributed by atoms with Gasteiger partial charge in [-0.15, -0.1) is 0 Å². The molecular formula is C22H20BrFN2O5S. The van der Waals surface area contributed by atoms with Crippen LogP contribution in [0, 0.1) is 5.82 Å². The maximum Gasteiger partial charge on any atom is 0.341 e. The molecule has 2 aromatic carbocycles. The molecule has 32 heavy (non-hydrogen) atoms. The van der Waals surface area contributed by atoms with Gasteiger partial charge in [-0.2, -0.15) is 0 Å². The lowest BCUT2D eigenvalue weighted by atomic mass is 10.2. The van der Waals surface area contributed by atoms with Gasteiger partial charge in [0.1, 0.15) is 5.82 Å². The van der Waals surface area contributed by atoms with Crippen molar-refractivity contribution in [3.05, 3.63) is 57.2 Å². The van der Waals surface area contributed by atoms with E-state index >= 15 is 0 Å². The van der Waals surface area contributed by atoms with E-state index in [1.165, 1.54) is 23.9 Å². The first-order chi connectivity index (χ1) is 15.3. The van der Waals surface area contributed by atoms with E-state index in [0.717, 1.165) is 0 Å². The SMILES string of the molecule is CCOc1cc(/C=C2/SC(=Nc3ccc(F)cc3)N(CC)C2=O)c(Br)cc1OCC(=O)O. The van der Waals surface area contributed by atoms with Crippen molar-refractivity contribution in [2.45, 2.75) is 13.8 Å². The molecule has 0 atom stereocenters. The Hall–Kier alpha value is -2.85. The van der Waals surface area contributed by atoms with Gasteiger partial charge in [0.05, 0.1) is 17.2 Å². The molecule has 1 heterocycles. The number of aliphatic carboxylic acids is 1. The summed E-state index contributed by atoms with van der Waals surface area (Å²) in [6.45, 7) is 3.92. The Bertz CT molecular complexity index is 1090. The molecular weight excluding hydrogens is 503 g/mol. The van der Waals surface area contributed by atoms with Gasteiger partial charge in [0, 0.05) is 11.0 Å². The number of carboxylic acids is 1. The van der Waals surface area contributed by atoms with Crippen molar-refractivity contribution in [2.75, 3.05) is 19.8 Å². The monoisotopic (exact) mass is 522 g/mol. The van der Waals surface area contributed by atoms with E-state index < -0.39 is 12.6 Å². The van der Waals surface area contributed by atoms with Gasteiger partial charge in [-0.05, 0) is 73.6 Å². The smallest absolute Gasteiger partial charge is 0.341 e. The third kappa shape index (κ3) is 5.68. The van der Waals surface area contributed by atoms with Crippen LogP contribution in [0.25, 0.3) is 6.08 Å². The lowest BCUT2D eigenvalue weighted by Gasteiger charge is -2.13. The molecule has 0 aliphatic carbocycles. The Morgan fingerprint density at radius 1 is 1.22 bits per heavy atom. The quantitative estimate of drug-likeness (QED) is 0.486. The van der Waals surface area contributed by atoms with Crippen molar-refractivity contribution < 1.29 is 28.6 Å². The number of amides is 1. The molecule has 0 radical (unpaired) electrons. The minimum Gasteiger partial charge on any atom is -0.490 e.